The topological polar surface area (TPSA) is 67.6 Å². The summed E-state index contributed by atoms with van der Waals surface area (Å²) >= 11 is 5.85. The van der Waals surface area contributed by atoms with E-state index in [0.717, 1.165) is 17.5 Å². The van der Waals surface area contributed by atoms with Crippen LogP contribution in [0.1, 0.15) is 5.82 Å². The Morgan fingerprint density at radius 3 is 2.67 bits per heavy atom. The monoisotopic (exact) mass is 464 g/mol. The smallest absolute Gasteiger partial charge is 0.193 e. The number of nitrogens with one attached hydrogen (secondary N) is 1. The number of benzene rings is 1. The number of nitrogens with zero attached hydrogens (tertiary/aromatic N) is 5. The Balaban J connectivity index is 0.00000288. The summed E-state index contributed by atoms with van der Waals surface area (Å²) in [5.41, 5.74) is 0. The molecule has 0 saturated heterocycles. The van der Waals surface area contributed by atoms with Gasteiger partial charge in [0, 0.05) is 26.2 Å². The van der Waals surface area contributed by atoms with Crippen LogP contribution >= 0.6 is 35.6 Å². The minimum absolute atomic E-state index is 0. The van der Waals surface area contributed by atoms with Crippen molar-refractivity contribution in [2.24, 2.45) is 12.0 Å². The highest BCUT2D eigenvalue weighted by atomic mass is 127. The van der Waals surface area contributed by atoms with Gasteiger partial charge in [-0.1, -0.05) is 11.6 Å². The van der Waals surface area contributed by atoms with Gasteiger partial charge in [0.05, 0.1) is 13.1 Å². The van der Waals surface area contributed by atoms with Crippen LogP contribution in [0.15, 0.2) is 35.6 Å². The van der Waals surface area contributed by atoms with Gasteiger partial charge in [0.2, 0.25) is 0 Å². The summed E-state index contributed by atoms with van der Waals surface area (Å²) in [5.74, 6) is 2.41. The minimum Gasteiger partial charge on any atom is -0.492 e. The van der Waals surface area contributed by atoms with Gasteiger partial charge in [-0.15, -0.1) is 24.0 Å². The van der Waals surface area contributed by atoms with Crippen LogP contribution in [0.4, 0.5) is 0 Å². The van der Waals surface area contributed by atoms with Gasteiger partial charge in [-0.3, -0.25) is 9.67 Å². The number of hydrogen-bond donors (Lipinski definition) is 1. The molecule has 1 heterocycles. The summed E-state index contributed by atoms with van der Waals surface area (Å²) in [5, 5.41) is 7.98. The summed E-state index contributed by atoms with van der Waals surface area (Å²) < 4.78 is 7.41. The average molecular weight is 465 g/mol. The van der Waals surface area contributed by atoms with E-state index in [9.17, 15) is 0 Å². The number of ether oxygens (including phenoxy) is 1. The lowest BCUT2D eigenvalue weighted by molar-refractivity contribution is 0.281. The molecule has 7 nitrogen and oxygen atoms in total. The Kier molecular flexibility index (Phi) is 8.83. The molecule has 0 aliphatic carbocycles. The maximum absolute atomic E-state index is 5.85. The molecular formula is C15H22ClIN6O. The average Bonchev–Trinajstić information content (AvgIpc) is 2.95. The zero-order valence-corrected chi connectivity index (χ0v) is 17.0. The molecule has 1 N–H and O–H groups in total. The standard InChI is InChI=1S/C15H21ClN6O.HI/c1-17-15(18-10-14-19-11-20-22(14)3)21(2)8-9-23-13-6-4-12(16)5-7-13;/h4-7,11H,8-10H2,1-3H3,(H,17,18);1H. The van der Waals surface area contributed by atoms with Crippen molar-refractivity contribution in [3.8, 4) is 5.75 Å². The van der Waals surface area contributed by atoms with Crippen LogP contribution in [0.2, 0.25) is 5.02 Å². The lowest BCUT2D eigenvalue weighted by Gasteiger charge is -2.22. The number of hydrogen-bond acceptors (Lipinski definition) is 4. The maximum Gasteiger partial charge on any atom is 0.193 e. The fourth-order valence-corrected chi connectivity index (χ4v) is 2.09. The van der Waals surface area contributed by atoms with Crippen molar-refractivity contribution in [1.29, 1.82) is 0 Å². The van der Waals surface area contributed by atoms with Crippen molar-refractivity contribution in [2.45, 2.75) is 6.54 Å². The second kappa shape index (κ2) is 10.3. The summed E-state index contributed by atoms with van der Waals surface area (Å²) in [4.78, 5) is 10.4. The first kappa shape index (κ1) is 20.5. The third-order valence-electron chi connectivity index (χ3n) is 3.29. The summed E-state index contributed by atoms with van der Waals surface area (Å²) in [6, 6.07) is 7.32. The number of likely N-dealkylation sites (N-methyl/N-ethyl adjacent to an activating group) is 1. The van der Waals surface area contributed by atoms with Gasteiger partial charge in [-0.05, 0) is 24.3 Å². The van der Waals surface area contributed by atoms with Crippen molar-refractivity contribution in [2.75, 3.05) is 27.2 Å². The van der Waals surface area contributed by atoms with E-state index >= 15 is 0 Å². The van der Waals surface area contributed by atoms with Crippen LogP contribution in [-0.2, 0) is 13.6 Å². The van der Waals surface area contributed by atoms with E-state index in [1.54, 1.807) is 11.7 Å². The fourth-order valence-electron chi connectivity index (χ4n) is 1.96. The quantitative estimate of drug-likeness (QED) is 0.403. The van der Waals surface area contributed by atoms with E-state index in [2.05, 4.69) is 20.4 Å². The van der Waals surface area contributed by atoms with Crippen LogP contribution in [0.5, 0.6) is 5.75 Å². The molecule has 0 aliphatic heterocycles. The van der Waals surface area contributed by atoms with Gasteiger partial charge in [-0.2, -0.15) is 5.10 Å². The number of aromatic nitrogens is 3. The van der Waals surface area contributed by atoms with Gasteiger partial charge in [0.25, 0.3) is 0 Å². The van der Waals surface area contributed by atoms with E-state index in [4.69, 9.17) is 16.3 Å². The summed E-state index contributed by atoms with van der Waals surface area (Å²) in [7, 11) is 5.56. The van der Waals surface area contributed by atoms with E-state index in [0.29, 0.717) is 24.7 Å². The molecule has 9 heteroatoms. The van der Waals surface area contributed by atoms with Crippen molar-refractivity contribution >= 4 is 41.5 Å². The van der Waals surface area contributed by atoms with Crippen LogP contribution in [-0.4, -0.2) is 52.9 Å². The molecule has 0 fully saturated rings. The maximum atomic E-state index is 5.85. The molecule has 2 aromatic rings. The van der Waals surface area contributed by atoms with Crippen molar-refractivity contribution < 1.29 is 4.74 Å². The highest BCUT2D eigenvalue weighted by molar-refractivity contribution is 14.0. The predicted molar refractivity (Wildman–Crippen MR) is 106 cm³/mol. The highest BCUT2D eigenvalue weighted by Gasteiger charge is 2.07. The second-order valence-corrected chi connectivity index (χ2v) is 5.36. The number of guanidine groups is 1. The van der Waals surface area contributed by atoms with Gasteiger partial charge in [0.1, 0.15) is 24.5 Å². The van der Waals surface area contributed by atoms with Gasteiger partial charge in [0.15, 0.2) is 5.96 Å². The molecular weight excluding hydrogens is 443 g/mol. The predicted octanol–water partition coefficient (Wildman–Crippen LogP) is 2.17. The van der Waals surface area contributed by atoms with Crippen LogP contribution in [0.3, 0.4) is 0 Å². The summed E-state index contributed by atoms with van der Waals surface area (Å²) in [6.07, 6.45) is 1.53. The number of rotatable bonds is 6. The first-order chi connectivity index (χ1) is 11.1. The molecule has 1 aromatic carbocycles. The van der Waals surface area contributed by atoms with E-state index in [1.165, 1.54) is 6.33 Å². The molecule has 0 atom stereocenters. The van der Waals surface area contributed by atoms with Gasteiger partial charge < -0.3 is 15.0 Å². The molecule has 0 saturated carbocycles. The van der Waals surface area contributed by atoms with E-state index in [1.807, 2.05) is 43.3 Å². The fraction of sp³-hybridized carbons (Fsp3) is 0.400. The molecule has 0 bridgehead atoms. The van der Waals surface area contributed by atoms with Crippen LogP contribution < -0.4 is 10.1 Å². The Hall–Kier alpha value is -1.55. The molecule has 0 amide bonds. The minimum atomic E-state index is 0. The Labute approximate surface area is 164 Å². The lowest BCUT2D eigenvalue weighted by Crippen LogP contribution is -2.40. The molecule has 0 radical (unpaired) electrons. The zero-order valence-electron chi connectivity index (χ0n) is 13.9. The Morgan fingerprint density at radius 1 is 1.38 bits per heavy atom. The molecule has 0 spiro atoms. The largest absolute Gasteiger partial charge is 0.492 e. The first-order valence-corrected chi connectivity index (χ1v) is 7.61. The summed E-state index contributed by atoms with van der Waals surface area (Å²) in [6.45, 7) is 1.80. The molecule has 1 aromatic heterocycles. The SMILES string of the molecule is CN=C(NCc1ncnn1C)N(C)CCOc1ccc(Cl)cc1.I. The van der Waals surface area contributed by atoms with Crippen molar-refractivity contribution in [3.63, 3.8) is 0 Å². The number of aryl methyl sites for hydroxylation is 1. The first-order valence-electron chi connectivity index (χ1n) is 7.23. The van der Waals surface area contributed by atoms with Crippen molar-refractivity contribution in [1.82, 2.24) is 25.0 Å². The number of halogens is 2. The third-order valence-corrected chi connectivity index (χ3v) is 3.54. The molecule has 0 aliphatic rings. The van der Waals surface area contributed by atoms with Gasteiger partial charge in [-0.25, -0.2) is 4.98 Å². The van der Waals surface area contributed by atoms with E-state index < -0.39 is 0 Å². The van der Waals surface area contributed by atoms with E-state index in [-0.39, 0.29) is 24.0 Å². The Morgan fingerprint density at radius 2 is 2.08 bits per heavy atom. The molecule has 2 rings (SSSR count). The normalized spacial score (nSPS) is 10.9. The van der Waals surface area contributed by atoms with Crippen LogP contribution in [0, 0.1) is 0 Å². The number of aliphatic imine (C=N–C) groups is 1. The second-order valence-electron chi connectivity index (χ2n) is 4.92. The van der Waals surface area contributed by atoms with Crippen LogP contribution in [0.25, 0.3) is 0 Å². The van der Waals surface area contributed by atoms with Gasteiger partial charge >= 0.3 is 0 Å². The molecule has 24 heavy (non-hydrogen) atoms. The Bertz CT molecular complexity index is 646. The third kappa shape index (κ3) is 6.16. The lowest BCUT2D eigenvalue weighted by atomic mass is 10.3. The zero-order chi connectivity index (χ0) is 16.7. The molecule has 0 unspecified atom stereocenters. The van der Waals surface area contributed by atoms with Crippen molar-refractivity contribution in [3.05, 3.63) is 41.4 Å². The highest BCUT2D eigenvalue weighted by Crippen LogP contribution is 2.15. The molecule has 132 valence electrons.